The molecule has 0 aromatic heterocycles. The van der Waals surface area contributed by atoms with Gasteiger partial charge in [-0.1, -0.05) is 6.42 Å². The van der Waals surface area contributed by atoms with Crippen molar-refractivity contribution in [3.8, 4) is 0 Å². The molecule has 0 radical (unpaired) electrons. The summed E-state index contributed by atoms with van der Waals surface area (Å²) in [5, 5.41) is 0.423. The van der Waals surface area contributed by atoms with Crippen molar-refractivity contribution in [2.24, 2.45) is 11.8 Å². The Morgan fingerprint density at radius 3 is 2.31 bits per heavy atom. The topological polar surface area (TPSA) is 40.6 Å². The average molecular weight is 403 g/mol. The van der Waals surface area contributed by atoms with Gasteiger partial charge in [0.2, 0.25) is 11.8 Å². The van der Waals surface area contributed by atoms with Crippen molar-refractivity contribution < 1.29 is 9.59 Å². The summed E-state index contributed by atoms with van der Waals surface area (Å²) >= 11 is 12.6. The molecule has 1 saturated heterocycles. The number of rotatable bonds is 4. The van der Waals surface area contributed by atoms with E-state index < -0.39 is 0 Å². The van der Waals surface area contributed by atoms with Gasteiger partial charge < -0.3 is 9.80 Å². The van der Waals surface area contributed by atoms with Gasteiger partial charge >= 0.3 is 0 Å². The van der Waals surface area contributed by atoms with E-state index >= 15 is 0 Å². The van der Waals surface area contributed by atoms with E-state index in [1.165, 1.54) is 0 Å². The van der Waals surface area contributed by atoms with Crippen LogP contribution in [0.3, 0.4) is 0 Å². The lowest BCUT2D eigenvalue weighted by Crippen LogP contribution is -2.64. The number of carbonyl (C=O) groups is 2. The lowest BCUT2D eigenvalue weighted by atomic mass is 9.80. The van der Waals surface area contributed by atoms with Crippen LogP contribution >= 0.6 is 23.2 Å². The summed E-state index contributed by atoms with van der Waals surface area (Å²) in [4.78, 5) is 30.0. The van der Waals surface area contributed by atoms with Crippen LogP contribution in [0.2, 0.25) is 0 Å². The molecule has 1 aliphatic heterocycles. The first-order valence-electron chi connectivity index (χ1n) is 10.2. The molecule has 0 N–H and O–H groups in total. The van der Waals surface area contributed by atoms with Gasteiger partial charge in [0.1, 0.15) is 12.6 Å². The van der Waals surface area contributed by atoms with E-state index in [9.17, 15) is 9.59 Å². The summed E-state index contributed by atoms with van der Waals surface area (Å²) in [7, 11) is 0. The number of hydrogen-bond acceptors (Lipinski definition) is 2. The molecule has 2 amide bonds. The number of nitrogens with zero attached hydrogens (tertiary/aromatic N) is 2. The average Bonchev–Trinajstić information content (AvgIpc) is 2.59. The summed E-state index contributed by atoms with van der Waals surface area (Å²) in [6.45, 7) is 4.89. The van der Waals surface area contributed by atoms with E-state index in [0.717, 1.165) is 51.4 Å². The van der Waals surface area contributed by atoms with Crippen molar-refractivity contribution in [2.75, 3.05) is 13.1 Å². The van der Waals surface area contributed by atoms with Crippen LogP contribution in [-0.4, -0.2) is 57.5 Å². The van der Waals surface area contributed by atoms with Gasteiger partial charge in [0.15, 0.2) is 0 Å². The van der Waals surface area contributed by atoms with Gasteiger partial charge in [0, 0.05) is 23.3 Å². The van der Waals surface area contributed by atoms with Gasteiger partial charge in [-0.3, -0.25) is 9.59 Å². The predicted molar refractivity (Wildman–Crippen MR) is 106 cm³/mol. The molecular formula is C20H32Cl2N2O2. The molecule has 1 heterocycles. The SMILES string of the molecule is CC(C)N1CC(=O)N(CC2CCCC(Cl)C2)C(C2CCC(Cl)CC2)C1=O. The molecule has 148 valence electrons. The fourth-order valence-electron chi connectivity index (χ4n) is 4.95. The Hall–Kier alpha value is -0.480. The van der Waals surface area contributed by atoms with Crippen LogP contribution in [0.4, 0.5) is 0 Å². The highest BCUT2D eigenvalue weighted by atomic mass is 35.5. The van der Waals surface area contributed by atoms with E-state index in [1.807, 2.05) is 18.7 Å². The van der Waals surface area contributed by atoms with Crippen molar-refractivity contribution in [1.29, 1.82) is 0 Å². The standard InChI is InChI=1S/C20H32Cl2N2O2/c1-13(2)23-12-18(25)24(11-14-4-3-5-17(22)10-14)19(20(23)26)15-6-8-16(21)9-7-15/h13-17,19H,3-12H2,1-2H3. The van der Waals surface area contributed by atoms with Crippen molar-refractivity contribution in [3.63, 3.8) is 0 Å². The normalized spacial score (nSPS) is 36.7. The molecule has 3 atom stereocenters. The quantitative estimate of drug-likeness (QED) is 0.665. The van der Waals surface area contributed by atoms with Crippen LogP contribution in [0.25, 0.3) is 0 Å². The first-order valence-corrected chi connectivity index (χ1v) is 11.1. The summed E-state index contributed by atoms with van der Waals surface area (Å²) in [5.74, 6) is 0.891. The molecule has 0 aromatic carbocycles. The summed E-state index contributed by atoms with van der Waals surface area (Å²) < 4.78 is 0. The van der Waals surface area contributed by atoms with E-state index in [0.29, 0.717) is 12.5 Å². The Balaban J connectivity index is 1.79. The third-order valence-electron chi connectivity index (χ3n) is 6.44. The molecule has 3 unspecified atom stereocenters. The van der Waals surface area contributed by atoms with Crippen LogP contribution in [0, 0.1) is 11.8 Å². The zero-order valence-electron chi connectivity index (χ0n) is 16.0. The van der Waals surface area contributed by atoms with Gasteiger partial charge in [-0.05, 0) is 70.6 Å². The van der Waals surface area contributed by atoms with E-state index in [2.05, 4.69) is 0 Å². The van der Waals surface area contributed by atoms with Gasteiger partial charge in [-0.15, -0.1) is 23.2 Å². The van der Waals surface area contributed by atoms with E-state index in [1.54, 1.807) is 4.90 Å². The molecule has 6 heteroatoms. The molecule has 0 bridgehead atoms. The van der Waals surface area contributed by atoms with Crippen molar-refractivity contribution in [3.05, 3.63) is 0 Å². The minimum absolute atomic E-state index is 0.0577. The second-order valence-corrected chi connectivity index (χ2v) is 9.93. The summed E-state index contributed by atoms with van der Waals surface area (Å²) in [5.41, 5.74) is 0. The van der Waals surface area contributed by atoms with Crippen molar-refractivity contribution in [1.82, 2.24) is 9.80 Å². The highest BCUT2D eigenvalue weighted by Crippen LogP contribution is 2.36. The molecule has 4 nitrogen and oxygen atoms in total. The Bertz CT molecular complexity index is 520. The fourth-order valence-corrected chi connectivity index (χ4v) is 5.60. The molecule has 2 aliphatic carbocycles. The first kappa shape index (κ1) is 20.3. The maximum atomic E-state index is 13.3. The smallest absolute Gasteiger partial charge is 0.246 e. The largest absolute Gasteiger partial charge is 0.329 e. The highest BCUT2D eigenvalue weighted by Gasteiger charge is 2.45. The monoisotopic (exact) mass is 402 g/mol. The van der Waals surface area contributed by atoms with Gasteiger partial charge in [-0.25, -0.2) is 0 Å². The van der Waals surface area contributed by atoms with Crippen LogP contribution in [0.15, 0.2) is 0 Å². The molecule has 0 spiro atoms. The van der Waals surface area contributed by atoms with Crippen LogP contribution < -0.4 is 0 Å². The zero-order chi connectivity index (χ0) is 18.8. The Kier molecular flexibility index (Phi) is 6.77. The number of halogens is 2. The van der Waals surface area contributed by atoms with Crippen molar-refractivity contribution in [2.45, 2.75) is 88.1 Å². The van der Waals surface area contributed by atoms with E-state index in [4.69, 9.17) is 23.2 Å². The second-order valence-electron chi connectivity index (χ2n) is 8.69. The van der Waals surface area contributed by atoms with Crippen molar-refractivity contribution >= 4 is 35.0 Å². The Morgan fingerprint density at radius 2 is 1.69 bits per heavy atom. The lowest BCUT2D eigenvalue weighted by molar-refractivity contribution is -0.161. The van der Waals surface area contributed by atoms with Crippen LogP contribution in [0.5, 0.6) is 0 Å². The fraction of sp³-hybridized carbons (Fsp3) is 0.900. The van der Waals surface area contributed by atoms with E-state index in [-0.39, 0.29) is 47.1 Å². The first-order chi connectivity index (χ1) is 12.4. The van der Waals surface area contributed by atoms with Crippen LogP contribution in [-0.2, 0) is 9.59 Å². The minimum Gasteiger partial charge on any atom is -0.329 e. The maximum Gasteiger partial charge on any atom is 0.246 e. The number of hydrogen-bond donors (Lipinski definition) is 0. The summed E-state index contributed by atoms with van der Waals surface area (Å²) in [6.07, 6.45) is 7.99. The van der Waals surface area contributed by atoms with Gasteiger partial charge in [-0.2, -0.15) is 0 Å². The zero-order valence-corrected chi connectivity index (χ0v) is 17.5. The Morgan fingerprint density at radius 1 is 1.00 bits per heavy atom. The van der Waals surface area contributed by atoms with Gasteiger partial charge in [0.05, 0.1) is 0 Å². The predicted octanol–water partition coefficient (Wildman–Crippen LogP) is 4.03. The molecule has 2 saturated carbocycles. The minimum atomic E-state index is -0.307. The molecule has 0 aromatic rings. The van der Waals surface area contributed by atoms with Gasteiger partial charge in [0.25, 0.3) is 0 Å². The molecular weight excluding hydrogens is 371 g/mol. The maximum absolute atomic E-state index is 13.3. The number of alkyl halides is 2. The number of carbonyl (C=O) groups excluding carboxylic acids is 2. The molecule has 3 rings (SSSR count). The molecule has 3 fully saturated rings. The number of amides is 2. The number of piperazine rings is 1. The highest BCUT2D eigenvalue weighted by molar-refractivity contribution is 6.20. The summed E-state index contributed by atoms with van der Waals surface area (Å²) in [6, 6.07) is -0.249. The third kappa shape index (κ3) is 4.49. The van der Waals surface area contributed by atoms with Crippen LogP contribution in [0.1, 0.15) is 65.2 Å². The lowest BCUT2D eigenvalue weighted by Gasteiger charge is -2.47. The third-order valence-corrected chi connectivity index (χ3v) is 7.28. The Labute approximate surface area is 167 Å². The molecule has 26 heavy (non-hydrogen) atoms. The second kappa shape index (κ2) is 8.68. The molecule has 3 aliphatic rings.